The smallest absolute Gasteiger partial charge is 0.0613 e. The highest BCUT2D eigenvalue weighted by Gasteiger charge is 2.02. The third kappa shape index (κ3) is 6.78. The van der Waals surface area contributed by atoms with Crippen molar-refractivity contribution in [3.8, 4) is 0 Å². The van der Waals surface area contributed by atoms with E-state index in [0.29, 0.717) is 6.04 Å². The van der Waals surface area contributed by atoms with Gasteiger partial charge in [0, 0.05) is 37.7 Å². The Morgan fingerprint density at radius 3 is 2.94 bits per heavy atom. The van der Waals surface area contributed by atoms with E-state index in [2.05, 4.69) is 41.7 Å². The van der Waals surface area contributed by atoms with Gasteiger partial charge in [-0.2, -0.15) is 0 Å². The van der Waals surface area contributed by atoms with E-state index in [1.165, 1.54) is 4.88 Å². The second kappa shape index (κ2) is 8.64. The first-order valence-corrected chi connectivity index (χ1v) is 7.03. The second-order valence-electron chi connectivity index (χ2n) is 4.44. The number of hydrogen-bond donors (Lipinski definition) is 1. The van der Waals surface area contributed by atoms with E-state index >= 15 is 0 Å². The first kappa shape index (κ1) is 14.6. The Bertz CT molecular complexity index is 277. The van der Waals surface area contributed by atoms with E-state index in [4.69, 9.17) is 4.74 Å². The number of thiophene rings is 1. The Balaban J connectivity index is 2.03. The van der Waals surface area contributed by atoms with Crippen molar-refractivity contribution < 1.29 is 4.74 Å². The fourth-order valence-electron chi connectivity index (χ4n) is 1.68. The molecule has 0 aliphatic carbocycles. The van der Waals surface area contributed by atoms with Crippen molar-refractivity contribution in [3.63, 3.8) is 0 Å². The van der Waals surface area contributed by atoms with Crippen molar-refractivity contribution in [1.29, 1.82) is 0 Å². The molecule has 17 heavy (non-hydrogen) atoms. The first-order chi connectivity index (χ1) is 8.22. The lowest BCUT2D eigenvalue weighted by molar-refractivity contribution is 0.170. The Morgan fingerprint density at radius 2 is 2.29 bits per heavy atom. The van der Waals surface area contributed by atoms with Gasteiger partial charge in [0.05, 0.1) is 6.61 Å². The topological polar surface area (TPSA) is 24.5 Å². The predicted molar refractivity (Wildman–Crippen MR) is 74.9 cm³/mol. The maximum atomic E-state index is 5.08. The number of ether oxygens (including phenoxy) is 1. The van der Waals surface area contributed by atoms with Gasteiger partial charge in [0.15, 0.2) is 0 Å². The summed E-state index contributed by atoms with van der Waals surface area (Å²) in [7, 11) is 3.92. The van der Waals surface area contributed by atoms with Crippen LogP contribution in [0, 0.1) is 0 Å². The molecule has 0 amide bonds. The summed E-state index contributed by atoms with van der Waals surface area (Å²) in [5.41, 5.74) is 0. The maximum Gasteiger partial charge on any atom is 0.0613 e. The molecule has 0 saturated carbocycles. The van der Waals surface area contributed by atoms with Crippen LogP contribution in [0.5, 0.6) is 0 Å². The molecular weight excluding hydrogens is 232 g/mol. The van der Waals surface area contributed by atoms with Crippen LogP contribution in [0.2, 0.25) is 0 Å². The fourth-order valence-corrected chi connectivity index (χ4v) is 2.38. The lowest BCUT2D eigenvalue weighted by Crippen LogP contribution is -2.37. The van der Waals surface area contributed by atoms with Crippen LogP contribution in [0.4, 0.5) is 0 Å². The summed E-state index contributed by atoms with van der Waals surface area (Å²) in [6.45, 7) is 6.15. The van der Waals surface area contributed by atoms with Gasteiger partial charge in [-0.3, -0.25) is 0 Å². The molecule has 3 nitrogen and oxygen atoms in total. The minimum Gasteiger partial charge on any atom is -0.383 e. The maximum absolute atomic E-state index is 5.08. The zero-order valence-corrected chi connectivity index (χ0v) is 11.9. The van der Waals surface area contributed by atoms with Crippen LogP contribution in [-0.2, 0) is 11.2 Å². The number of methoxy groups -OCH3 is 1. The Morgan fingerprint density at radius 1 is 1.47 bits per heavy atom. The zero-order chi connectivity index (χ0) is 12.5. The molecule has 0 radical (unpaired) electrons. The quantitative estimate of drug-likeness (QED) is 0.730. The van der Waals surface area contributed by atoms with Crippen LogP contribution in [0.25, 0.3) is 0 Å². The molecule has 98 valence electrons. The van der Waals surface area contributed by atoms with E-state index in [-0.39, 0.29) is 0 Å². The number of likely N-dealkylation sites (N-methyl/N-ethyl adjacent to an activating group) is 1. The largest absolute Gasteiger partial charge is 0.383 e. The van der Waals surface area contributed by atoms with Crippen molar-refractivity contribution >= 4 is 11.3 Å². The van der Waals surface area contributed by atoms with Crippen molar-refractivity contribution in [3.05, 3.63) is 22.4 Å². The molecular formula is C13H24N2OS. The number of nitrogens with zero attached hydrogens (tertiary/aromatic N) is 1. The number of nitrogens with one attached hydrogen (secondary N) is 1. The molecule has 0 aromatic carbocycles. The zero-order valence-electron chi connectivity index (χ0n) is 11.1. The molecule has 1 N–H and O–H groups in total. The molecule has 0 aliphatic heterocycles. The summed E-state index contributed by atoms with van der Waals surface area (Å²) in [6, 6.07) is 4.76. The number of rotatable bonds is 9. The fraction of sp³-hybridized carbons (Fsp3) is 0.692. The van der Waals surface area contributed by atoms with Crippen LogP contribution < -0.4 is 5.32 Å². The molecule has 1 unspecified atom stereocenters. The standard InChI is InChI=1S/C13H24N2OS/c1-12(11-16-3)14-7-9-15(2)8-6-13-5-4-10-17-13/h4-5,10,12,14H,6-9,11H2,1-3H3. The summed E-state index contributed by atoms with van der Waals surface area (Å²) >= 11 is 1.84. The van der Waals surface area contributed by atoms with E-state index < -0.39 is 0 Å². The highest BCUT2D eigenvalue weighted by molar-refractivity contribution is 7.09. The SMILES string of the molecule is COCC(C)NCCN(C)CCc1cccs1. The van der Waals surface area contributed by atoms with Crippen molar-refractivity contribution in [2.24, 2.45) is 0 Å². The molecule has 1 atom stereocenters. The summed E-state index contributed by atoms with van der Waals surface area (Å²) in [5, 5.41) is 5.59. The molecule has 0 bridgehead atoms. The Hall–Kier alpha value is -0.420. The summed E-state index contributed by atoms with van der Waals surface area (Å²) in [6.07, 6.45) is 1.15. The van der Waals surface area contributed by atoms with Gasteiger partial charge >= 0.3 is 0 Å². The predicted octanol–water partition coefficient (Wildman–Crippen LogP) is 1.85. The highest BCUT2D eigenvalue weighted by Crippen LogP contribution is 2.09. The minimum atomic E-state index is 0.436. The van der Waals surface area contributed by atoms with Gasteiger partial charge in [-0.05, 0) is 31.8 Å². The lowest BCUT2D eigenvalue weighted by atomic mass is 10.3. The van der Waals surface area contributed by atoms with E-state index in [9.17, 15) is 0 Å². The van der Waals surface area contributed by atoms with Gasteiger partial charge in [-0.15, -0.1) is 11.3 Å². The third-order valence-corrected chi connectivity index (χ3v) is 3.66. The summed E-state index contributed by atoms with van der Waals surface area (Å²) in [5.74, 6) is 0. The van der Waals surface area contributed by atoms with E-state index in [0.717, 1.165) is 32.7 Å². The average molecular weight is 256 g/mol. The average Bonchev–Trinajstić information content (AvgIpc) is 2.79. The van der Waals surface area contributed by atoms with Gasteiger partial charge in [0.2, 0.25) is 0 Å². The van der Waals surface area contributed by atoms with Gasteiger partial charge in [-0.25, -0.2) is 0 Å². The van der Waals surface area contributed by atoms with Crippen molar-refractivity contribution in [2.75, 3.05) is 40.4 Å². The molecule has 0 fully saturated rings. The van der Waals surface area contributed by atoms with E-state index in [1.807, 2.05) is 11.3 Å². The van der Waals surface area contributed by atoms with Gasteiger partial charge < -0.3 is 15.0 Å². The minimum absolute atomic E-state index is 0.436. The van der Waals surface area contributed by atoms with Gasteiger partial charge in [-0.1, -0.05) is 6.07 Å². The van der Waals surface area contributed by atoms with Gasteiger partial charge in [0.25, 0.3) is 0 Å². The normalized spacial score (nSPS) is 13.2. The van der Waals surface area contributed by atoms with Crippen LogP contribution >= 0.6 is 11.3 Å². The molecule has 0 saturated heterocycles. The van der Waals surface area contributed by atoms with Crippen LogP contribution in [0.15, 0.2) is 17.5 Å². The molecule has 1 aromatic rings. The molecule has 4 heteroatoms. The second-order valence-corrected chi connectivity index (χ2v) is 5.48. The number of hydrogen-bond acceptors (Lipinski definition) is 4. The molecule has 1 rings (SSSR count). The van der Waals surface area contributed by atoms with Crippen molar-refractivity contribution in [1.82, 2.24) is 10.2 Å². The molecule has 0 aliphatic rings. The van der Waals surface area contributed by atoms with Crippen LogP contribution in [0.1, 0.15) is 11.8 Å². The Labute approximate surface area is 109 Å². The van der Waals surface area contributed by atoms with Crippen LogP contribution in [-0.4, -0.2) is 51.3 Å². The molecule has 1 heterocycles. The third-order valence-electron chi connectivity index (χ3n) is 2.72. The summed E-state index contributed by atoms with van der Waals surface area (Å²) < 4.78 is 5.08. The van der Waals surface area contributed by atoms with E-state index in [1.54, 1.807) is 7.11 Å². The first-order valence-electron chi connectivity index (χ1n) is 6.15. The Kier molecular flexibility index (Phi) is 7.44. The monoisotopic (exact) mass is 256 g/mol. The molecule has 1 aromatic heterocycles. The van der Waals surface area contributed by atoms with Gasteiger partial charge in [0.1, 0.15) is 0 Å². The lowest BCUT2D eigenvalue weighted by Gasteiger charge is -2.18. The highest BCUT2D eigenvalue weighted by atomic mass is 32.1. The molecule has 0 spiro atoms. The van der Waals surface area contributed by atoms with Crippen molar-refractivity contribution in [2.45, 2.75) is 19.4 Å². The van der Waals surface area contributed by atoms with Crippen LogP contribution in [0.3, 0.4) is 0 Å². The summed E-state index contributed by atoms with van der Waals surface area (Å²) in [4.78, 5) is 3.84.